The molecule has 0 saturated heterocycles. The molecule has 0 aliphatic rings. The SMILES string of the molecule is COC(=O)COc1ccc(OCC=C(c2ccccc2)c2ccc(C#Cc3ccccn3)cc2)cc1C. The molecule has 0 spiro atoms. The molecule has 5 nitrogen and oxygen atoms in total. The number of rotatable bonds is 8. The molecule has 0 aliphatic heterocycles. The highest BCUT2D eigenvalue weighted by Gasteiger charge is 2.07. The monoisotopic (exact) mass is 489 g/mol. The highest BCUT2D eigenvalue weighted by Crippen LogP contribution is 2.26. The Labute approximate surface area is 217 Å². The van der Waals surface area contributed by atoms with Crippen molar-refractivity contribution in [3.8, 4) is 23.3 Å². The second kappa shape index (κ2) is 12.8. The highest BCUT2D eigenvalue weighted by atomic mass is 16.6. The molecular weight excluding hydrogens is 462 g/mol. The third-order valence-corrected chi connectivity index (χ3v) is 5.54. The van der Waals surface area contributed by atoms with Gasteiger partial charge in [-0.3, -0.25) is 0 Å². The van der Waals surface area contributed by atoms with Gasteiger partial charge >= 0.3 is 5.97 Å². The quantitative estimate of drug-likeness (QED) is 0.229. The molecule has 0 bridgehead atoms. The molecule has 37 heavy (non-hydrogen) atoms. The highest BCUT2D eigenvalue weighted by molar-refractivity contribution is 5.80. The number of aromatic nitrogens is 1. The zero-order valence-corrected chi connectivity index (χ0v) is 20.8. The molecular formula is C32H27NO4. The van der Waals surface area contributed by atoms with Crippen molar-refractivity contribution in [1.82, 2.24) is 4.98 Å². The van der Waals surface area contributed by atoms with E-state index in [1.54, 1.807) is 12.3 Å². The summed E-state index contributed by atoms with van der Waals surface area (Å²) in [6.07, 6.45) is 3.81. The molecule has 4 aromatic rings. The third kappa shape index (κ3) is 7.33. The lowest BCUT2D eigenvalue weighted by Crippen LogP contribution is -2.13. The predicted molar refractivity (Wildman–Crippen MR) is 144 cm³/mol. The summed E-state index contributed by atoms with van der Waals surface area (Å²) in [5, 5.41) is 0. The standard InChI is InChI=1S/C32H27NO4/c1-24-22-29(17-18-31(24)37-23-32(34)35-2)36-21-19-30(26-8-4-3-5-9-26)27-14-11-25(12-15-27)13-16-28-10-6-7-20-33-28/h3-12,14-15,17-20,22H,21,23H2,1-2H3. The summed E-state index contributed by atoms with van der Waals surface area (Å²) in [5.74, 6) is 7.16. The third-order valence-electron chi connectivity index (χ3n) is 5.54. The normalized spacial score (nSPS) is 10.7. The zero-order chi connectivity index (χ0) is 25.9. The molecule has 0 N–H and O–H groups in total. The first kappa shape index (κ1) is 25.3. The number of nitrogens with zero attached hydrogens (tertiary/aromatic N) is 1. The fourth-order valence-corrected chi connectivity index (χ4v) is 3.62. The van der Waals surface area contributed by atoms with Crippen molar-refractivity contribution in [2.24, 2.45) is 0 Å². The summed E-state index contributed by atoms with van der Waals surface area (Å²) < 4.78 is 16.1. The second-order valence-electron chi connectivity index (χ2n) is 8.13. The summed E-state index contributed by atoms with van der Waals surface area (Å²) in [4.78, 5) is 15.6. The summed E-state index contributed by atoms with van der Waals surface area (Å²) in [7, 11) is 1.33. The lowest BCUT2D eigenvalue weighted by Gasteiger charge is -2.12. The molecule has 0 saturated carbocycles. The molecule has 0 radical (unpaired) electrons. The van der Waals surface area contributed by atoms with Crippen LogP contribution in [0.4, 0.5) is 0 Å². The Morgan fingerprint density at radius 1 is 0.865 bits per heavy atom. The number of hydrogen-bond acceptors (Lipinski definition) is 5. The van der Waals surface area contributed by atoms with Gasteiger partial charge in [-0.2, -0.15) is 0 Å². The van der Waals surface area contributed by atoms with Gasteiger partial charge in [0.1, 0.15) is 23.8 Å². The van der Waals surface area contributed by atoms with Gasteiger partial charge in [0, 0.05) is 11.8 Å². The Morgan fingerprint density at radius 2 is 1.62 bits per heavy atom. The first-order valence-corrected chi connectivity index (χ1v) is 11.8. The van der Waals surface area contributed by atoms with E-state index in [4.69, 9.17) is 9.47 Å². The fraction of sp³-hybridized carbons (Fsp3) is 0.125. The average molecular weight is 490 g/mol. The van der Waals surface area contributed by atoms with Crippen molar-refractivity contribution >= 4 is 11.5 Å². The van der Waals surface area contributed by atoms with Crippen molar-refractivity contribution in [2.45, 2.75) is 6.92 Å². The molecule has 184 valence electrons. The van der Waals surface area contributed by atoms with E-state index in [9.17, 15) is 4.79 Å². The van der Waals surface area contributed by atoms with Crippen LogP contribution in [0.15, 0.2) is 103 Å². The number of aryl methyl sites for hydroxylation is 1. The minimum absolute atomic E-state index is 0.131. The lowest BCUT2D eigenvalue weighted by molar-refractivity contribution is -0.142. The van der Waals surface area contributed by atoms with Gasteiger partial charge in [0.25, 0.3) is 0 Å². The number of methoxy groups -OCH3 is 1. The van der Waals surface area contributed by atoms with Gasteiger partial charge in [-0.25, -0.2) is 9.78 Å². The van der Waals surface area contributed by atoms with Gasteiger partial charge in [0.2, 0.25) is 0 Å². The Balaban J connectivity index is 1.48. The molecule has 0 fully saturated rings. The van der Waals surface area contributed by atoms with Gasteiger partial charge < -0.3 is 14.2 Å². The summed E-state index contributed by atoms with van der Waals surface area (Å²) in [5.41, 5.74) is 5.77. The predicted octanol–water partition coefficient (Wildman–Crippen LogP) is 5.85. The largest absolute Gasteiger partial charge is 0.489 e. The van der Waals surface area contributed by atoms with Crippen LogP contribution in [0.3, 0.4) is 0 Å². The van der Waals surface area contributed by atoms with Gasteiger partial charge in [-0.1, -0.05) is 54.5 Å². The molecule has 5 heteroatoms. The Morgan fingerprint density at radius 3 is 2.32 bits per heavy atom. The minimum Gasteiger partial charge on any atom is -0.489 e. The van der Waals surface area contributed by atoms with Crippen LogP contribution in [0.2, 0.25) is 0 Å². The first-order valence-electron chi connectivity index (χ1n) is 11.8. The Bertz CT molecular complexity index is 1420. The van der Waals surface area contributed by atoms with Crippen molar-refractivity contribution in [3.05, 3.63) is 131 Å². The smallest absolute Gasteiger partial charge is 0.343 e. The average Bonchev–Trinajstić information content (AvgIpc) is 2.95. The van der Waals surface area contributed by atoms with Crippen LogP contribution in [0, 0.1) is 18.8 Å². The van der Waals surface area contributed by atoms with Crippen molar-refractivity contribution in [3.63, 3.8) is 0 Å². The number of benzene rings is 3. The first-order chi connectivity index (χ1) is 18.1. The molecule has 1 aromatic heterocycles. The maximum atomic E-state index is 11.3. The number of hydrogen-bond donors (Lipinski definition) is 0. The van der Waals surface area contributed by atoms with Crippen LogP contribution < -0.4 is 9.47 Å². The van der Waals surface area contributed by atoms with Crippen LogP contribution in [-0.2, 0) is 9.53 Å². The van der Waals surface area contributed by atoms with E-state index in [0.29, 0.717) is 18.1 Å². The van der Waals surface area contributed by atoms with Crippen molar-refractivity contribution in [1.29, 1.82) is 0 Å². The van der Waals surface area contributed by atoms with E-state index in [1.165, 1.54) is 7.11 Å². The van der Waals surface area contributed by atoms with E-state index in [0.717, 1.165) is 33.5 Å². The van der Waals surface area contributed by atoms with Crippen LogP contribution in [0.25, 0.3) is 5.57 Å². The van der Waals surface area contributed by atoms with Crippen LogP contribution in [0.5, 0.6) is 11.5 Å². The van der Waals surface area contributed by atoms with Gasteiger partial charge in [0.05, 0.1) is 7.11 Å². The number of ether oxygens (including phenoxy) is 3. The van der Waals surface area contributed by atoms with E-state index in [1.807, 2.05) is 67.6 Å². The molecule has 0 unspecified atom stereocenters. The molecule has 0 aliphatic carbocycles. The van der Waals surface area contributed by atoms with Crippen LogP contribution >= 0.6 is 0 Å². The molecule has 4 rings (SSSR count). The number of pyridine rings is 1. The zero-order valence-electron chi connectivity index (χ0n) is 20.8. The van der Waals surface area contributed by atoms with E-state index in [2.05, 4.69) is 51.9 Å². The Kier molecular flexibility index (Phi) is 8.72. The molecule has 0 atom stereocenters. The van der Waals surface area contributed by atoms with Crippen LogP contribution in [0.1, 0.15) is 27.9 Å². The minimum atomic E-state index is -0.424. The lowest BCUT2D eigenvalue weighted by atomic mass is 9.97. The fourth-order valence-electron chi connectivity index (χ4n) is 3.62. The Hall–Kier alpha value is -4.82. The molecule has 0 amide bonds. The summed E-state index contributed by atoms with van der Waals surface area (Å²) >= 11 is 0. The van der Waals surface area contributed by atoms with Gasteiger partial charge in [-0.15, -0.1) is 0 Å². The van der Waals surface area contributed by atoms with E-state index in [-0.39, 0.29) is 6.61 Å². The van der Waals surface area contributed by atoms with Crippen molar-refractivity contribution in [2.75, 3.05) is 20.3 Å². The molecule has 3 aromatic carbocycles. The topological polar surface area (TPSA) is 57.7 Å². The van der Waals surface area contributed by atoms with Crippen LogP contribution in [-0.4, -0.2) is 31.3 Å². The van der Waals surface area contributed by atoms with E-state index < -0.39 is 5.97 Å². The summed E-state index contributed by atoms with van der Waals surface area (Å²) in [6, 6.07) is 29.6. The number of carbonyl (C=O) groups excluding carboxylic acids is 1. The van der Waals surface area contributed by atoms with E-state index >= 15 is 0 Å². The van der Waals surface area contributed by atoms with Gasteiger partial charge in [-0.05, 0) is 83.6 Å². The number of carbonyl (C=O) groups is 1. The number of esters is 1. The summed E-state index contributed by atoms with van der Waals surface area (Å²) in [6.45, 7) is 2.16. The maximum Gasteiger partial charge on any atom is 0.343 e. The van der Waals surface area contributed by atoms with Gasteiger partial charge in [0.15, 0.2) is 6.61 Å². The van der Waals surface area contributed by atoms with Crippen molar-refractivity contribution < 1.29 is 19.0 Å². The second-order valence-corrected chi connectivity index (χ2v) is 8.13. The maximum absolute atomic E-state index is 11.3. The molecule has 1 heterocycles.